The Labute approximate surface area is 153 Å². The predicted octanol–water partition coefficient (Wildman–Crippen LogP) is 1.75. The maximum absolute atomic E-state index is 12.9. The molecule has 26 heavy (non-hydrogen) atoms. The Hall–Kier alpha value is -2.63. The Morgan fingerprint density at radius 1 is 1.15 bits per heavy atom. The largest absolute Gasteiger partial charge is 0.354 e. The van der Waals surface area contributed by atoms with Crippen molar-refractivity contribution >= 4 is 28.5 Å². The first-order valence-electron chi connectivity index (χ1n) is 9.14. The number of hydrogen-bond donors (Lipinski definition) is 0. The standard InChI is InChI=1S/C20H24N4O2/c1-22(2)19(25)13-24-16-9-7-15(20(24)26)11-23(12-16)18-10-8-14-5-3-4-6-17(14)21-18/h3-6,8,10,15-16H,7,9,11-13H2,1-2H3/t15-,16+/m1/s1. The highest BCUT2D eigenvalue weighted by Gasteiger charge is 2.41. The van der Waals surface area contributed by atoms with Gasteiger partial charge in [0.05, 0.1) is 11.4 Å². The molecule has 3 fully saturated rings. The molecule has 0 spiro atoms. The molecule has 2 aromatic rings. The second-order valence-electron chi connectivity index (χ2n) is 7.45. The maximum atomic E-state index is 12.9. The zero-order valence-corrected chi connectivity index (χ0v) is 15.3. The van der Waals surface area contributed by atoms with Gasteiger partial charge in [0.15, 0.2) is 0 Å². The van der Waals surface area contributed by atoms with E-state index < -0.39 is 0 Å². The minimum Gasteiger partial charge on any atom is -0.354 e. The second-order valence-corrected chi connectivity index (χ2v) is 7.45. The topological polar surface area (TPSA) is 56.8 Å². The number of pyridine rings is 1. The number of para-hydroxylation sites is 1. The summed E-state index contributed by atoms with van der Waals surface area (Å²) in [6, 6.07) is 12.2. The van der Waals surface area contributed by atoms with Crippen molar-refractivity contribution in [1.29, 1.82) is 0 Å². The van der Waals surface area contributed by atoms with E-state index in [1.54, 1.807) is 23.9 Å². The van der Waals surface area contributed by atoms with Crippen LogP contribution in [0.5, 0.6) is 0 Å². The van der Waals surface area contributed by atoms with Gasteiger partial charge in [0.25, 0.3) is 0 Å². The molecule has 6 nitrogen and oxygen atoms in total. The SMILES string of the molecule is CN(C)C(=O)CN1C(=O)[C@@H]2CC[C@H]1CN(c1ccc3ccccc3n1)C2. The average molecular weight is 352 g/mol. The first-order chi connectivity index (χ1) is 12.5. The van der Waals surface area contributed by atoms with Gasteiger partial charge < -0.3 is 14.7 Å². The van der Waals surface area contributed by atoms with Crippen molar-refractivity contribution in [3.8, 4) is 0 Å². The number of piperidine rings is 1. The second kappa shape index (κ2) is 6.59. The van der Waals surface area contributed by atoms with Gasteiger partial charge in [0.1, 0.15) is 12.4 Å². The molecule has 3 aliphatic heterocycles. The minimum absolute atomic E-state index is 0.0266. The summed E-state index contributed by atoms with van der Waals surface area (Å²) in [6.07, 6.45) is 1.83. The van der Waals surface area contributed by atoms with Crippen LogP contribution in [0.1, 0.15) is 12.8 Å². The summed E-state index contributed by atoms with van der Waals surface area (Å²) in [5.74, 6) is 0.937. The van der Waals surface area contributed by atoms with Crippen LogP contribution in [0.4, 0.5) is 5.82 Å². The number of rotatable bonds is 3. The van der Waals surface area contributed by atoms with Gasteiger partial charge in [-0.2, -0.15) is 0 Å². The zero-order chi connectivity index (χ0) is 18.3. The number of hydrogen-bond acceptors (Lipinski definition) is 4. The third-order valence-electron chi connectivity index (χ3n) is 5.51. The van der Waals surface area contributed by atoms with Crippen LogP contribution < -0.4 is 4.90 Å². The van der Waals surface area contributed by atoms with Gasteiger partial charge in [-0.1, -0.05) is 18.2 Å². The summed E-state index contributed by atoms with van der Waals surface area (Å²) in [5.41, 5.74) is 0.965. The molecule has 136 valence electrons. The highest BCUT2D eigenvalue weighted by Crippen LogP contribution is 2.31. The van der Waals surface area contributed by atoms with Crippen LogP contribution in [0, 0.1) is 5.92 Å². The monoisotopic (exact) mass is 352 g/mol. The molecule has 0 radical (unpaired) electrons. The van der Waals surface area contributed by atoms with Crippen LogP contribution in [0.15, 0.2) is 36.4 Å². The Morgan fingerprint density at radius 3 is 2.77 bits per heavy atom. The van der Waals surface area contributed by atoms with Crippen LogP contribution in [0.25, 0.3) is 10.9 Å². The van der Waals surface area contributed by atoms with E-state index in [9.17, 15) is 9.59 Å². The number of benzene rings is 1. The van der Waals surface area contributed by atoms with Gasteiger partial charge >= 0.3 is 0 Å². The number of aromatic nitrogens is 1. The molecule has 6 heteroatoms. The van der Waals surface area contributed by atoms with E-state index in [2.05, 4.69) is 17.0 Å². The van der Waals surface area contributed by atoms with Crippen molar-refractivity contribution < 1.29 is 9.59 Å². The van der Waals surface area contributed by atoms with Gasteiger partial charge in [0, 0.05) is 38.6 Å². The summed E-state index contributed by atoms with van der Waals surface area (Å²) in [6.45, 7) is 1.58. The summed E-state index contributed by atoms with van der Waals surface area (Å²) in [5, 5.41) is 1.11. The summed E-state index contributed by atoms with van der Waals surface area (Å²) in [7, 11) is 3.46. The van der Waals surface area contributed by atoms with Crippen molar-refractivity contribution in [2.24, 2.45) is 5.92 Å². The van der Waals surface area contributed by atoms with E-state index in [1.165, 1.54) is 0 Å². The fourth-order valence-corrected chi connectivity index (χ4v) is 3.95. The zero-order valence-electron chi connectivity index (χ0n) is 15.3. The third-order valence-corrected chi connectivity index (χ3v) is 5.51. The van der Waals surface area contributed by atoms with E-state index in [0.29, 0.717) is 6.54 Å². The quantitative estimate of drug-likeness (QED) is 0.845. The predicted molar refractivity (Wildman–Crippen MR) is 101 cm³/mol. The van der Waals surface area contributed by atoms with Gasteiger partial charge in [-0.15, -0.1) is 0 Å². The number of likely N-dealkylation sites (N-methyl/N-ethyl adjacent to an activating group) is 1. The van der Waals surface area contributed by atoms with Gasteiger partial charge in [0.2, 0.25) is 11.8 Å². The Bertz CT molecular complexity index is 851. The van der Waals surface area contributed by atoms with Crippen molar-refractivity contribution in [2.75, 3.05) is 38.6 Å². The average Bonchev–Trinajstić information content (AvgIpc) is 2.94. The Balaban J connectivity index is 1.60. The molecule has 0 aliphatic carbocycles. The lowest BCUT2D eigenvalue weighted by Crippen LogP contribution is -2.51. The molecule has 2 amide bonds. The van der Waals surface area contributed by atoms with Crippen LogP contribution in [0.3, 0.4) is 0 Å². The van der Waals surface area contributed by atoms with Crippen molar-refractivity contribution in [3.05, 3.63) is 36.4 Å². The summed E-state index contributed by atoms with van der Waals surface area (Å²) >= 11 is 0. The van der Waals surface area contributed by atoms with E-state index in [-0.39, 0.29) is 30.3 Å². The summed E-state index contributed by atoms with van der Waals surface area (Å²) in [4.78, 5) is 35.4. The minimum atomic E-state index is -0.0583. The highest BCUT2D eigenvalue weighted by atomic mass is 16.2. The molecular weight excluding hydrogens is 328 g/mol. The number of fused-ring (bicyclic) bond motifs is 5. The van der Waals surface area contributed by atoms with Crippen molar-refractivity contribution in [3.63, 3.8) is 0 Å². The van der Waals surface area contributed by atoms with E-state index in [1.807, 2.05) is 24.3 Å². The van der Waals surface area contributed by atoms with Crippen molar-refractivity contribution in [2.45, 2.75) is 18.9 Å². The number of carbonyl (C=O) groups excluding carboxylic acids is 2. The summed E-state index contributed by atoms with van der Waals surface area (Å²) < 4.78 is 0. The normalized spacial score (nSPS) is 22.6. The lowest BCUT2D eigenvalue weighted by molar-refractivity contribution is -0.145. The molecule has 2 atom stereocenters. The van der Waals surface area contributed by atoms with Crippen LogP contribution in [-0.2, 0) is 9.59 Å². The van der Waals surface area contributed by atoms with Gasteiger partial charge in [-0.25, -0.2) is 4.98 Å². The third kappa shape index (κ3) is 3.00. The molecule has 1 aromatic carbocycles. The first kappa shape index (κ1) is 16.8. The molecule has 4 heterocycles. The molecule has 0 unspecified atom stereocenters. The molecule has 0 saturated carbocycles. The molecule has 5 rings (SSSR count). The molecular formula is C20H24N4O2. The molecule has 0 N–H and O–H groups in total. The van der Waals surface area contributed by atoms with E-state index >= 15 is 0 Å². The highest BCUT2D eigenvalue weighted by molar-refractivity contribution is 5.87. The maximum Gasteiger partial charge on any atom is 0.241 e. The smallest absolute Gasteiger partial charge is 0.241 e. The van der Waals surface area contributed by atoms with E-state index in [0.717, 1.165) is 36.1 Å². The number of nitrogens with zero attached hydrogens (tertiary/aromatic N) is 4. The fourth-order valence-electron chi connectivity index (χ4n) is 3.95. The van der Waals surface area contributed by atoms with Crippen molar-refractivity contribution in [1.82, 2.24) is 14.8 Å². The Kier molecular flexibility index (Phi) is 4.26. The first-order valence-corrected chi connectivity index (χ1v) is 9.14. The number of amides is 2. The van der Waals surface area contributed by atoms with Crippen LogP contribution in [0.2, 0.25) is 0 Å². The molecule has 3 saturated heterocycles. The van der Waals surface area contributed by atoms with E-state index in [4.69, 9.17) is 4.98 Å². The Morgan fingerprint density at radius 2 is 1.96 bits per heavy atom. The molecule has 1 aromatic heterocycles. The fraction of sp³-hybridized carbons (Fsp3) is 0.450. The molecule has 3 aliphatic rings. The van der Waals surface area contributed by atoms with Crippen LogP contribution in [-0.4, -0.2) is 66.4 Å². The number of carbonyl (C=O) groups is 2. The molecule has 2 bridgehead atoms. The lowest BCUT2D eigenvalue weighted by Gasteiger charge is -2.35. The lowest BCUT2D eigenvalue weighted by atomic mass is 9.94. The van der Waals surface area contributed by atoms with Gasteiger partial charge in [-0.3, -0.25) is 9.59 Å². The van der Waals surface area contributed by atoms with Crippen LogP contribution >= 0.6 is 0 Å². The van der Waals surface area contributed by atoms with Gasteiger partial charge in [-0.05, 0) is 31.0 Å². The number of anilines is 1.